The summed E-state index contributed by atoms with van der Waals surface area (Å²) in [6.45, 7) is 3.16. The molecular weight excluding hydrogens is 352 g/mol. The lowest BCUT2D eigenvalue weighted by molar-refractivity contribution is -0.128. The Morgan fingerprint density at radius 2 is 1.86 bits per heavy atom. The van der Waals surface area contributed by atoms with Crippen LogP contribution in [0.5, 0.6) is 0 Å². The van der Waals surface area contributed by atoms with E-state index in [0.717, 1.165) is 30.6 Å². The molecule has 1 unspecified atom stereocenters. The van der Waals surface area contributed by atoms with Gasteiger partial charge in [-0.05, 0) is 30.4 Å². The van der Waals surface area contributed by atoms with E-state index in [0.29, 0.717) is 19.1 Å². The maximum Gasteiger partial charge on any atom is 0.230 e. The van der Waals surface area contributed by atoms with Gasteiger partial charge in [0.1, 0.15) is 5.82 Å². The normalized spacial score (nSPS) is 20.1. The second-order valence-corrected chi connectivity index (χ2v) is 7.93. The quantitative estimate of drug-likeness (QED) is 0.833. The van der Waals surface area contributed by atoms with E-state index in [2.05, 4.69) is 41.6 Å². The third-order valence-electron chi connectivity index (χ3n) is 5.98. The Morgan fingerprint density at radius 1 is 1.14 bits per heavy atom. The van der Waals surface area contributed by atoms with Crippen molar-refractivity contribution in [1.29, 1.82) is 0 Å². The van der Waals surface area contributed by atoms with Crippen LogP contribution in [0.1, 0.15) is 56.2 Å². The van der Waals surface area contributed by atoms with Gasteiger partial charge in [-0.1, -0.05) is 44.0 Å². The molecule has 1 saturated heterocycles. The third kappa shape index (κ3) is 3.96. The summed E-state index contributed by atoms with van der Waals surface area (Å²) < 4.78 is 1.94. The zero-order valence-corrected chi connectivity index (χ0v) is 16.4. The van der Waals surface area contributed by atoms with Crippen molar-refractivity contribution >= 4 is 17.6 Å². The molecule has 1 atom stereocenters. The molecule has 1 aliphatic heterocycles. The van der Waals surface area contributed by atoms with Crippen LogP contribution in [0.25, 0.3) is 0 Å². The van der Waals surface area contributed by atoms with Crippen molar-refractivity contribution in [3.8, 4) is 0 Å². The van der Waals surface area contributed by atoms with E-state index in [1.165, 1.54) is 18.4 Å². The van der Waals surface area contributed by atoms with Crippen molar-refractivity contribution in [3.05, 3.63) is 47.7 Å². The molecule has 2 amide bonds. The van der Waals surface area contributed by atoms with Crippen molar-refractivity contribution in [3.63, 3.8) is 0 Å². The predicted molar refractivity (Wildman–Crippen MR) is 108 cm³/mol. The molecule has 1 aliphatic carbocycles. The van der Waals surface area contributed by atoms with Gasteiger partial charge in [-0.15, -0.1) is 0 Å². The predicted octanol–water partition coefficient (Wildman–Crippen LogP) is 3.55. The van der Waals surface area contributed by atoms with Gasteiger partial charge in [0, 0.05) is 25.6 Å². The van der Waals surface area contributed by atoms with Gasteiger partial charge in [-0.25, -0.2) is 4.68 Å². The molecule has 1 saturated carbocycles. The number of anilines is 1. The number of nitrogens with zero attached hydrogens (tertiary/aromatic N) is 3. The summed E-state index contributed by atoms with van der Waals surface area (Å²) in [5, 5.41) is 7.41. The van der Waals surface area contributed by atoms with E-state index >= 15 is 0 Å². The minimum atomic E-state index is -0.311. The van der Waals surface area contributed by atoms with Crippen molar-refractivity contribution in [2.75, 3.05) is 11.9 Å². The maximum atomic E-state index is 12.8. The highest BCUT2D eigenvalue weighted by Crippen LogP contribution is 2.31. The Bertz CT molecular complexity index is 836. The van der Waals surface area contributed by atoms with E-state index in [4.69, 9.17) is 0 Å². The van der Waals surface area contributed by atoms with E-state index in [-0.39, 0.29) is 24.2 Å². The van der Waals surface area contributed by atoms with Crippen molar-refractivity contribution in [2.45, 2.75) is 58.0 Å². The van der Waals surface area contributed by atoms with Crippen LogP contribution in [-0.2, 0) is 22.6 Å². The number of hydrogen-bond acceptors (Lipinski definition) is 3. The molecule has 0 radical (unpaired) electrons. The molecular formula is C22H28N4O2. The van der Waals surface area contributed by atoms with Crippen LogP contribution in [0.15, 0.2) is 36.5 Å². The van der Waals surface area contributed by atoms with Gasteiger partial charge in [0.2, 0.25) is 11.8 Å². The molecule has 0 spiro atoms. The van der Waals surface area contributed by atoms with Crippen LogP contribution in [0.2, 0.25) is 0 Å². The second-order valence-electron chi connectivity index (χ2n) is 7.93. The molecule has 6 nitrogen and oxygen atoms in total. The van der Waals surface area contributed by atoms with Crippen LogP contribution in [0.4, 0.5) is 5.82 Å². The van der Waals surface area contributed by atoms with Gasteiger partial charge in [0.05, 0.1) is 18.2 Å². The highest BCUT2D eigenvalue weighted by molar-refractivity contribution is 5.96. The zero-order chi connectivity index (χ0) is 19.5. The van der Waals surface area contributed by atoms with Crippen LogP contribution in [-0.4, -0.2) is 33.0 Å². The highest BCUT2D eigenvalue weighted by atomic mass is 16.2. The summed E-state index contributed by atoms with van der Waals surface area (Å²) in [5.41, 5.74) is 2.39. The van der Waals surface area contributed by atoms with Crippen molar-refractivity contribution in [2.24, 2.45) is 5.92 Å². The lowest BCUT2D eigenvalue weighted by Crippen LogP contribution is -2.28. The van der Waals surface area contributed by atoms with Crippen LogP contribution >= 0.6 is 0 Å². The van der Waals surface area contributed by atoms with Crippen molar-refractivity contribution in [1.82, 2.24) is 14.7 Å². The first-order chi connectivity index (χ1) is 13.6. The van der Waals surface area contributed by atoms with Gasteiger partial charge >= 0.3 is 0 Å². The van der Waals surface area contributed by atoms with Gasteiger partial charge in [0.25, 0.3) is 0 Å². The summed E-state index contributed by atoms with van der Waals surface area (Å²) in [5.74, 6) is 0.397. The Hall–Kier alpha value is -2.63. The number of nitrogens with one attached hydrogen (secondary N) is 1. The molecule has 1 aromatic carbocycles. The van der Waals surface area contributed by atoms with Gasteiger partial charge in [-0.2, -0.15) is 5.10 Å². The maximum absolute atomic E-state index is 12.8. The molecule has 2 aliphatic rings. The fourth-order valence-electron chi connectivity index (χ4n) is 4.28. The summed E-state index contributed by atoms with van der Waals surface area (Å²) in [6.07, 6.45) is 7.65. The molecule has 0 bridgehead atoms. The SMILES string of the molecule is CCc1ccc(CN2CC(C(=O)Nc3ccnn3C3CCCC3)CC2=O)cc1. The van der Waals surface area contributed by atoms with E-state index in [1.54, 1.807) is 11.1 Å². The monoisotopic (exact) mass is 380 g/mol. The Morgan fingerprint density at radius 3 is 2.57 bits per heavy atom. The number of rotatable bonds is 6. The highest BCUT2D eigenvalue weighted by Gasteiger charge is 2.34. The zero-order valence-electron chi connectivity index (χ0n) is 16.4. The number of aromatic nitrogens is 2. The number of carbonyl (C=O) groups is 2. The first-order valence-corrected chi connectivity index (χ1v) is 10.3. The topological polar surface area (TPSA) is 67.2 Å². The van der Waals surface area contributed by atoms with Crippen LogP contribution in [0, 0.1) is 5.92 Å². The summed E-state index contributed by atoms with van der Waals surface area (Å²) in [4.78, 5) is 27.0. The second kappa shape index (κ2) is 8.17. The van der Waals surface area contributed by atoms with Crippen molar-refractivity contribution < 1.29 is 9.59 Å². The number of likely N-dealkylation sites (tertiary alicyclic amines) is 1. The minimum Gasteiger partial charge on any atom is -0.338 e. The third-order valence-corrected chi connectivity index (χ3v) is 5.98. The molecule has 1 aromatic heterocycles. The fourth-order valence-corrected chi connectivity index (χ4v) is 4.28. The first-order valence-electron chi connectivity index (χ1n) is 10.3. The molecule has 1 N–H and O–H groups in total. The lowest BCUT2D eigenvalue weighted by atomic mass is 10.1. The molecule has 2 fully saturated rings. The number of hydrogen-bond donors (Lipinski definition) is 1. The molecule has 148 valence electrons. The molecule has 2 aromatic rings. The first kappa shape index (κ1) is 18.7. The summed E-state index contributed by atoms with van der Waals surface area (Å²) in [6, 6.07) is 10.6. The number of benzene rings is 1. The lowest BCUT2D eigenvalue weighted by Gasteiger charge is -2.18. The Balaban J connectivity index is 1.37. The molecule has 2 heterocycles. The van der Waals surface area contributed by atoms with E-state index in [9.17, 15) is 9.59 Å². The minimum absolute atomic E-state index is 0.0454. The van der Waals surface area contributed by atoms with Gasteiger partial charge in [-0.3, -0.25) is 9.59 Å². The summed E-state index contributed by atoms with van der Waals surface area (Å²) >= 11 is 0. The molecule has 6 heteroatoms. The van der Waals surface area contributed by atoms with Crippen LogP contribution < -0.4 is 5.32 Å². The number of aryl methyl sites for hydroxylation is 1. The van der Waals surface area contributed by atoms with Gasteiger partial charge < -0.3 is 10.2 Å². The average molecular weight is 380 g/mol. The number of carbonyl (C=O) groups excluding carboxylic acids is 2. The molecule has 28 heavy (non-hydrogen) atoms. The average Bonchev–Trinajstić information content (AvgIpc) is 3.44. The standard InChI is InChI=1S/C22H28N4O2/c1-2-16-7-9-17(10-8-16)14-25-15-18(13-21(25)27)22(28)24-20-11-12-23-26(20)19-5-3-4-6-19/h7-12,18-19H,2-6,13-15H2,1H3,(H,24,28). The molecule has 4 rings (SSSR count). The van der Waals surface area contributed by atoms with Gasteiger partial charge in [0.15, 0.2) is 0 Å². The van der Waals surface area contributed by atoms with Crippen LogP contribution in [0.3, 0.4) is 0 Å². The number of amides is 2. The largest absolute Gasteiger partial charge is 0.338 e. The van der Waals surface area contributed by atoms with E-state index < -0.39 is 0 Å². The Labute approximate surface area is 165 Å². The van der Waals surface area contributed by atoms with E-state index in [1.807, 2.05) is 10.7 Å². The fraction of sp³-hybridized carbons (Fsp3) is 0.500. The summed E-state index contributed by atoms with van der Waals surface area (Å²) in [7, 11) is 0. The Kier molecular flexibility index (Phi) is 5.46. The smallest absolute Gasteiger partial charge is 0.230 e.